The molecule has 4 amide bonds. The average Bonchev–Trinajstić information content (AvgIpc) is 3.10. The van der Waals surface area contributed by atoms with Gasteiger partial charge in [-0.25, -0.2) is 9.86 Å². The van der Waals surface area contributed by atoms with E-state index in [-0.39, 0.29) is 18.4 Å². The first-order valence-electron chi connectivity index (χ1n) is 6.20. The summed E-state index contributed by atoms with van der Waals surface area (Å²) in [7, 11) is 0. The molecule has 2 bridgehead atoms. The van der Waals surface area contributed by atoms with E-state index in [1.165, 1.54) is 4.90 Å². The molecule has 0 radical (unpaired) electrons. The van der Waals surface area contributed by atoms with Gasteiger partial charge in [-0.15, -0.1) is 10.2 Å². The molecule has 2 atom stereocenters. The first-order valence-corrected chi connectivity index (χ1v) is 6.20. The molecular weight excluding hydrogens is 284 g/mol. The number of hydrazine groups is 1. The molecule has 3 rings (SSSR count). The first-order chi connectivity index (χ1) is 10.1. The minimum atomic E-state index is -0.739. The second kappa shape index (κ2) is 4.97. The van der Waals surface area contributed by atoms with E-state index in [4.69, 9.17) is 0 Å². The number of aromatic amines is 1. The van der Waals surface area contributed by atoms with Crippen LogP contribution in [0.5, 0.6) is 0 Å². The SMILES string of the molecule is O=C(NNC(=O)[C@@H]1CC[C@@H]2CN1C(=O)N2O)c1nn[nH]n1. The van der Waals surface area contributed by atoms with Gasteiger partial charge in [0, 0.05) is 6.54 Å². The van der Waals surface area contributed by atoms with E-state index in [1.54, 1.807) is 0 Å². The number of urea groups is 1. The second-order valence-corrected chi connectivity index (χ2v) is 4.71. The molecule has 1 aromatic heterocycles. The van der Waals surface area contributed by atoms with Gasteiger partial charge in [0.1, 0.15) is 6.04 Å². The van der Waals surface area contributed by atoms with Crippen molar-refractivity contribution in [3.63, 3.8) is 0 Å². The third-order valence-corrected chi connectivity index (χ3v) is 3.49. The van der Waals surface area contributed by atoms with Crippen molar-refractivity contribution in [2.75, 3.05) is 6.54 Å². The lowest BCUT2D eigenvalue weighted by Gasteiger charge is -2.29. The maximum absolute atomic E-state index is 12.0. The van der Waals surface area contributed by atoms with Crippen LogP contribution in [0.1, 0.15) is 23.5 Å². The lowest BCUT2D eigenvalue weighted by Crippen LogP contribution is -2.54. The second-order valence-electron chi connectivity index (χ2n) is 4.71. The van der Waals surface area contributed by atoms with E-state index in [9.17, 15) is 19.6 Å². The van der Waals surface area contributed by atoms with Crippen molar-refractivity contribution in [2.24, 2.45) is 0 Å². The Morgan fingerprint density at radius 1 is 1.33 bits per heavy atom. The van der Waals surface area contributed by atoms with Crippen molar-refractivity contribution in [2.45, 2.75) is 24.9 Å². The Bertz CT molecular complexity index is 574. The topological polar surface area (TPSA) is 156 Å². The molecule has 12 nitrogen and oxygen atoms in total. The van der Waals surface area contributed by atoms with E-state index in [0.29, 0.717) is 17.9 Å². The standard InChI is InChI=1S/C9H12N8O4/c18-7(12-13-8(19)6-10-14-15-11-6)5-2-1-4-3-16(5)9(20)17(4)21/h4-5,21H,1-3H2,(H,12,18)(H,13,19)(H,10,11,14,15)/t4-,5+/m1/s1. The van der Waals surface area contributed by atoms with Crippen LogP contribution in [-0.4, -0.2) is 72.3 Å². The molecule has 0 aliphatic carbocycles. The van der Waals surface area contributed by atoms with Crippen LogP contribution in [0.15, 0.2) is 0 Å². The fraction of sp³-hybridized carbons (Fsp3) is 0.556. The van der Waals surface area contributed by atoms with Crippen molar-refractivity contribution < 1.29 is 19.6 Å². The molecule has 12 heteroatoms. The van der Waals surface area contributed by atoms with Crippen molar-refractivity contribution in [3.05, 3.63) is 5.82 Å². The predicted octanol–water partition coefficient (Wildman–Crippen LogP) is -2.38. The van der Waals surface area contributed by atoms with Gasteiger partial charge >= 0.3 is 11.9 Å². The van der Waals surface area contributed by atoms with E-state index >= 15 is 0 Å². The van der Waals surface area contributed by atoms with E-state index in [2.05, 4.69) is 31.5 Å². The number of piperidine rings is 1. The molecule has 0 spiro atoms. The molecule has 2 fully saturated rings. The smallest absolute Gasteiger partial charge is 0.309 e. The molecule has 2 saturated heterocycles. The predicted molar refractivity (Wildman–Crippen MR) is 62.3 cm³/mol. The largest absolute Gasteiger partial charge is 0.344 e. The summed E-state index contributed by atoms with van der Waals surface area (Å²) in [6.07, 6.45) is 0.910. The van der Waals surface area contributed by atoms with Gasteiger partial charge in [-0.1, -0.05) is 0 Å². The summed E-state index contributed by atoms with van der Waals surface area (Å²) >= 11 is 0. The maximum atomic E-state index is 12.0. The highest BCUT2D eigenvalue weighted by Gasteiger charge is 2.46. The van der Waals surface area contributed by atoms with Gasteiger partial charge in [0.25, 0.3) is 11.7 Å². The number of carbonyl (C=O) groups is 3. The number of nitrogens with zero attached hydrogens (tertiary/aromatic N) is 5. The van der Waals surface area contributed by atoms with Gasteiger partial charge in [0.15, 0.2) is 0 Å². The van der Waals surface area contributed by atoms with Crippen LogP contribution in [-0.2, 0) is 4.79 Å². The monoisotopic (exact) mass is 296 g/mol. The molecule has 21 heavy (non-hydrogen) atoms. The third kappa shape index (κ3) is 2.24. The van der Waals surface area contributed by atoms with E-state index in [0.717, 1.165) is 0 Å². The van der Waals surface area contributed by atoms with Crippen molar-refractivity contribution in [1.29, 1.82) is 0 Å². The normalized spacial score (nSPS) is 24.1. The first kappa shape index (κ1) is 13.2. The van der Waals surface area contributed by atoms with E-state index in [1.807, 2.05) is 0 Å². The number of fused-ring (bicyclic) bond motifs is 2. The molecule has 3 heterocycles. The van der Waals surface area contributed by atoms with Crippen LogP contribution in [0.2, 0.25) is 0 Å². The van der Waals surface area contributed by atoms with Crippen LogP contribution >= 0.6 is 0 Å². The summed E-state index contributed by atoms with van der Waals surface area (Å²) < 4.78 is 0. The Labute approximate surface area is 117 Å². The number of tetrazole rings is 1. The van der Waals surface area contributed by atoms with Gasteiger partial charge < -0.3 is 4.90 Å². The Balaban J connectivity index is 1.59. The molecule has 2 aliphatic rings. The number of hydroxylamine groups is 2. The Morgan fingerprint density at radius 2 is 2.14 bits per heavy atom. The number of carbonyl (C=O) groups excluding carboxylic acids is 3. The summed E-state index contributed by atoms with van der Waals surface area (Å²) in [5, 5.41) is 22.4. The number of aromatic nitrogens is 4. The summed E-state index contributed by atoms with van der Waals surface area (Å²) in [5.74, 6) is -1.51. The molecule has 0 saturated carbocycles. The highest BCUT2D eigenvalue weighted by molar-refractivity contribution is 5.93. The van der Waals surface area contributed by atoms with Crippen LogP contribution < -0.4 is 10.9 Å². The number of H-pyrrole nitrogens is 1. The molecule has 0 unspecified atom stereocenters. The van der Waals surface area contributed by atoms with Gasteiger partial charge in [-0.2, -0.15) is 5.21 Å². The zero-order chi connectivity index (χ0) is 15.0. The van der Waals surface area contributed by atoms with Crippen molar-refractivity contribution >= 4 is 17.8 Å². The quantitative estimate of drug-likeness (QED) is 0.350. The number of hydrogen-bond donors (Lipinski definition) is 4. The molecule has 2 aliphatic heterocycles. The maximum Gasteiger partial charge on any atom is 0.344 e. The summed E-state index contributed by atoms with van der Waals surface area (Å²) in [6, 6.07) is -1.63. The highest BCUT2D eigenvalue weighted by Crippen LogP contribution is 2.28. The number of hydrogen-bond acceptors (Lipinski definition) is 7. The van der Waals surface area contributed by atoms with E-state index < -0.39 is 23.9 Å². The molecule has 4 N–H and O–H groups in total. The van der Waals surface area contributed by atoms with Gasteiger partial charge in [0.2, 0.25) is 0 Å². The Hall–Kier alpha value is -2.76. The summed E-state index contributed by atoms with van der Waals surface area (Å²) in [4.78, 5) is 36.6. The van der Waals surface area contributed by atoms with Crippen LogP contribution in [0.25, 0.3) is 0 Å². The Kier molecular flexibility index (Phi) is 3.13. The number of amides is 4. The number of rotatable bonds is 2. The lowest BCUT2D eigenvalue weighted by molar-refractivity contribution is -0.126. The van der Waals surface area contributed by atoms with Gasteiger partial charge in [-0.05, 0) is 18.1 Å². The van der Waals surface area contributed by atoms with Crippen LogP contribution in [0.3, 0.4) is 0 Å². The zero-order valence-electron chi connectivity index (χ0n) is 10.7. The lowest BCUT2D eigenvalue weighted by atomic mass is 10.0. The molecular formula is C9H12N8O4. The van der Waals surface area contributed by atoms with Crippen molar-refractivity contribution in [3.8, 4) is 0 Å². The summed E-state index contributed by atoms with van der Waals surface area (Å²) in [5.41, 5.74) is 4.33. The highest BCUT2D eigenvalue weighted by atomic mass is 16.5. The average molecular weight is 296 g/mol. The van der Waals surface area contributed by atoms with Crippen molar-refractivity contribution in [1.82, 2.24) is 41.4 Å². The fourth-order valence-electron chi connectivity index (χ4n) is 2.44. The minimum Gasteiger partial charge on any atom is -0.309 e. The Morgan fingerprint density at radius 3 is 2.86 bits per heavy atom. The third-order valence-electron chi connectivity index (χ3n) is 3.49. The molecule has 0 aromatic carbocycles. The molecule has 1 aromatic rings. The zero-order valence-corrected chi connectivity index (χ0v) is 10.7. The molecule has 112 valence electrons. The minimum absolute atomic E-state index is 0.224. The van der Waals surface area contributed by atoms with Crippen LogP contribution in [0, 0.1) is 0 Å². The van der Waals surface area contributed by atoms with Gasteiger partial charge in [-0.3, -0.25) is 25.6 Å². The fourth-order valence-corrected chi connectivity index (χ4v) is 2.44. The summed E-state index contributed by atoms with van der Waals surface area (Å²) in [6.45, 7) is 0.284. The number of nitrogens with one attached hydrogen (secondary N) is 3. The van der Waals surface area contributed by atoms with Crippen LogP contribution in [0.4, 0.5) is 4.79 Å². The van der Waals surface area contributed by atoms with Gasteiger partial charge in [0.05, 0.1) is 6.04 Å².